The number of aromatic amines is 1. The molecule has 3 aromatic rings. The average molecular weight is 447 g/mol. The van der Waals surface area contributed by atoms with E-state index in [0.717, 1.165) is 0 Å². The van der Waals surface area contributed by atoms with E-state index in [-0.39, 0.29) is 11.3 Å². The topological polar surface area (TPSA) is 109 Å². The lowest BCUT2D eigenvalue weighted by atomic mass is 9.95. The summed E-state index contributed by atoms with van der Waals surface area (Å²) >= 11 is 0. The number of pyridine rings is 1. The first-order valence-electron chi connectivity index (χ1n) is 10.7. The Kier molecular flexibility index (Phi) is 5.52. The van der Waals surface area contributed by atoms with Crippen LogP contribution in [-0.2, 0) is 16.1 Å². The summed E-state index contributed by atoms with van der Waals surface area (Å²) in [5.41, 5.74) is 1.15. The van der Waals surface area contributed by atoms with Crippen LogP contribution in [-0.4, -0.2) is 51.4 Å². The number of aryl methyl sites for hydroxylation is 1. The second-order valence-corrected chi connectivity index (χ2v) is 7.83. The first kappa shape index (κ1) is 20.7. The predicted molar refractivity (Wildman–Crippen MR) is 116 cm³/mol. The van der Waals surface area contributed by atoms with Gasteiger partial charge in [-0.1, -0.05) is 0 Å². The highest BCUT2D eigenvalue weighted by Gasteiger charge is 2.45. The molecule has 9 nitrogen and oxygen atoms in total. The van der Waals surface area contributed by atoms with Crippen molar-refractivity contribution < 1.29 is 28.7 Å². The van der Waals surface area contributed by atoms with Gasteiger partial charge in [0.05, 0.1) is 18.2 Å². The number of carbonyl (C=O) groups excluding carboxylic acids is 2. The Balaban J connectivity index is 1.52. The number of hydrogen-bond donors (Lipinski definition) is 2. The summed E-state index contributed by atoms with van der Waals surface area (Å²) in [5.74, 6) is -0.516. The van der Waals surface area contributed by atoms with E-state index in [4.69, 9.17) is 9.47 Å². The van der Waals surface area contributed by atoms with Crippen molar-refractivity contribution in [3.8, 4) is 11.5 Å². The van der Waals surface area contributed by atoms with E-state index >= 15 is 0 Å². The molecular formula is C24H23N4O5+. The van der Waals surface area contributed by atoms with E-state index in [1.54, 1.807) is 42.7 Å². The molecule has 1 unspecified atom stereocenters. The average Bonchev–Trinajstić information content (AvgIpc) is 3.46. The molecule has 2 N–H and O–H groups in total. The molecule has 2 aliphatic heterocycles. The SMILES string of the molecule is O=C1C(=O)N(CCC[n+]2cc[nH]c2)C(c2ccncc2)C1=C(O)c1ccc2c(c1)OCCO2. The molecule has 33 heavy (non-hydrogen) atoms. The molecule has 0 aliphatic carbocycles. The molecule has 9 heteroatoms. The number of aromatic nitrogens is 3. The Morgan fingerprint density at radius 3 is 2.70 bits per heavy atom. The number of carbonyl (C=O) groups is 2. The summed E-state index contributed by atoms with van der Waals surface area (Å²) in [4.78, 5) is 34.7. The molecule has 1 aromatic carbocycles. The molecule has 0 bridgehead atoms. The lowest BCUT2D eigenvalue weighted by Gasteiger charge is -2.25. The minimum atomic E-state index is -0.711. The minimum absolute atomic E-state index is 0.0529. The number of H-pyrrole nitrogens is 1. The van der Waals surface area contributed by atoms with Crippen molar-refractivity contribution >= 4 is 17.4 Å². The number of nitrogens with zero attached hydrogens (tertiary/aromatic N) is 3. The third-order valence-electron chi connectivity index (χ3n) is 5.80. The number of amides is 1. The Morgan fingerprint density at radius 2 is 1.94 bits per heavy atom. The van der Waals surface area contributed by atoms with Crippen molar-refractivity contribution in [2.24, 2.45) is 0 Å². The number of imidazole rings is 1. The number of nitrogens with one attached hydrogen (secondary N) is 1. The maximum absolute atomic E-state index is 13.1. The highest BCUT2D eigenvalue weighted by molar-refractivity contribution is 6.46. The molecule has 1 amide bonds. The van der Waals surface area contributed by atoms with Gasteiger partial charge in [0.15, 0.2) is 11.5 Å². The summed E-state index contributed by atoms with van der Waals surface area (Å²) in [6, 6.07) is 7.77. The standard InChI is InChI=1S/C24H22N4O5/c29-22(17-2-3-18-19(14-17)33-13-12-32-18)20-21(16-4-6-25-7-5-16)28(24(31)23(20)30)10-1-9-27-11-8-26-15-27/h2-8,11,14-15,21H,1,9-10,12-13H2,(H,29,30)/p+1. The number of ether oxygens (including phenoxy) is 2. The van der Waals surface area contributed by atoms with Crippen LogP contribution in [0.1, 0.15) is 23.6 Å². The largest absolute Gasteiger partial charge is 0.507 e. The summed E-state index contributed by atoms with van der Waals surface area (Å²) in [7, 11) is 0. The van der Waals surface area contributed by atoms with Gasteiger partial charge in [0, 0.05) is 30.9 Å². The summed E-state index contributed by atoms with van der Waals surface area (Å²) in [6.45, 7) is 1.88. The maximum Gasteiger partial charge on any atom is 0.295 e. The number of aliphatic hydroxyl groups is 1. The fourth-order valence-electron chi connectivity index (χ4n) is 4.23. The van der Waals surface area contributed by atoms with Gasteiger partial charge >= 0.3 is 0 Å². The van der Waals surface area contributed by atoms with E-state index in [0.29, 0.717) is 55.4 Å². The molecule has 1 saturated heterocycles. The van der Waals surface area contributed by atoms with Crippen LogP contribution in [0, 0.1) is 0 Å². The van der Waals surface area contributed by atoms with E-state index in [2.05, 4.69) is 9.97 Å². The number of aliphatic hydroxyl groups excluding tert-OH is 1. The monoisotopic (exact) mass is 447 g/mol. The second-order valence-electron chi connectivity index (χ2n) is 7.83. The number of hydrogen-bond acceptors (Lipinski definition) is 6. The number of Topliss-reactive ketones (excluding diaryl/α,β-unsaturated/α-hetero) is 1. The molecule has 1 atom stereocenters. The van der Waals surface area contributed by atoms with Crippen LogP contribution in [0.15, 0.2) is 67.0 Å². The van der Waals surface area contributed by atoms with Gasteiger partial charge in [-0.15, -0.1) is 0 Å². The minimum Gasteiger partial charge on any atom is -0.507 e. The molecule has 2 aromatic heterocycles. The lowest BCUT2D eigenvalue weighted by molar-refractivity contribution is -0.695. The van der Waals surface area contributed by atoms with Crippen molar-refractivity contribution in [3.63, 3.8) is 0 Å². The van der Waals surface area contributed by atoms with Crippen molar-refractivity contribution in [2.75, 3.05) is 19.8 Å². The number of rotatable bonds is 6. The Labute approximate surface area is 189 Å². The van der Waals surface area contributed by atoms with E-state index < -0.39 is 17.7 Å². The fourth-order valence-corrected chi connectivity index (χ4v) is 4.23. The van der Waals surface area contributed by atoms with Crippen molar-refractivity contribution in [2.45, 2.75) is 19.0 Å². The Morgan fingerprint density at radius 1 is 1.15 bits per heavy atom. The highest BCUT2D eigenvalue weighted by atomic mass is 16.6. The number of fused-ring (bicyclic) bond motifs is 1. The van der Waals surface area contributed by atoms with Crippen LogP contribution >= 0.6 is 0 Å². The summed E-state index contributed by atoms with van der Waals surface area (Å²) in [5, 5.41) is 11.2. The van der Waals surface area contributed by atoms with Gasteiger partial charge < -0.3 is 19.5 Å². The van der Waals surface area contributed by atoms with E-state index in [9.17, 15) is 14.7 Å². The quantitative estimate of drug-likeness (QED) is 0.259. The molecule has 0 radical (unpaired) electrons. The zero-order valence-corrected chi connectivity index (χ0v) is 17.8. The smallest absolute Gasteiger partial charge is 0.295 e. The van der Waals surface area contributed by atoms with Gasteiger partial charge in [0.25, 0.3) is 11.7 Å². The Bertz CT molecular complexity index is 1210. The van der Waals surface area contributed by atoms with E-state index in [1.165, 1.54) is 4.90 Å². The maximum atomic E-state index is 13.1. The van der Waals surface area contributed by atoms with Crippen LogP contribution in [0.4, 0.5) is 0 Å². The van der Waals surface area contributed by atoms with Gasteiger partial charge in [0.2, 0.25) is 6.33 Å². The molecule has 5 rings (SSSR count). The normalized spacial score (nSPS) is 19.2. The predicted octanol–water partition coefficient (Wildman–Crippen LogP) is 1.98. The highest BCUT2D eigenvalue weighted by Crippen LogP contribution is 2.40. The molecule has 0 spiro atoms. The zero-order valence-electron chi connectivity index (χ0n) is 17.8. The molecule has 1 fully saturated rings. The van der Waals surface area contributed by atoms with Crippen LogP contribution in [0.2, 0.25) is 0 Å². The molecule has 168 valence electrons. The van der Waals surface area contributed by atoms with Gasteiger partial charge in [-0.25, -0.2) is 4.57 Å². The van der Waals surface area contributed by atoms with Crippen LogP contribution in [0.3, 0.4) is 0 Å². The van der Waals surface area contributed by atoms with Crippen molar-refractivity contribution in [1.29, 1.82) is 0 Å². The molecule has 0 saturated carbocycles. The van der Waals surface area contributed by atoms with Crippen molar-refractivity contribution in [3.05, 3.63) is 78.1 Å². The first-order chi connectivity index (χ1) is 16.1. The third-order valence-corrected chi connectivity index (χ3v) is 5.80. The van der Waals surface area contributed by atoms with Gasteiger partial charge in [0.1, 0.15) is 31.4 Å². The molecule has 2 aliphatic rings. The molecular weight excluding hydrogens is 424 g/mol. The van der Waals surface area contributed by atoms with Crippen LogP contribution in [0.25, 0.3) is 5.76 Å². The fraction of sp³-hybridized carbons (Fsp3) is 0.250. The second kappa shape index (κ2) is 8.78. The van der Waals surface area contributed by atoms with Gasteiger partial charge in [-0.3, -0.25) is 19.6 Å². The Hall–Kier alpha value is -4.14. The number of likely N-dealkylation sites (tertiary alicyclic amines) is 1. The molecule has 4 heterocycles. The third kappa shape index (κ3) is 3.93. The summed E-state index contributed by atoms with van der Waals surface area (Å²) < 4.78 is 13.1. The van der Waals surface area contributed by atoms with Crippen molar-refractivity contribution in [1.82, 2.24) is 14.9 Å². The van der Waals surface area contributed by atoms with E-state index in [1.807, 2.05) is 23.3 Å². The summed E-state index contributed by atoms with van der Waals surface area (Å²) in [6.07, 6.45) is 9.40. The number of ketones is 1. The van der Waals surface area contributed by atoms with Crippen LogP contribution in [0.5, 0.6) is 11.5 Å². The van der Waals surface area contributed by atoms with Gasteiger partial charge in [-0.05, 0) is 35.9 Å². The van der Waals surface area contributed by atoms with Crippen LogP contribution < -0.4 is 14.0 Å². The first-order valence-corrected chi connectivity index (χ1v) is 10.7. The zero-order chi connectivity index (χ0) is 22.8. The lowest BCUT2D eigenvalue weighted by Crippen LogP contribution is -2.36. The van der Waals surface area contributed by atoms with Gasteiger partial charge in [-0.2, -0.15) is 0 Å². The number of benzene rings is 1.